The second-order valence-electron chi connectivity index (χ2n) is 17.6. The number of hydrogen-bond donors (Lipinski definition) is 0. The maximum atomic E-state index is 13.8. The van der Waals surface area contributed by atoms with Crippen molar-refractivity contribution >= 4 is 18.1 Å². The van der Waals surface area contributed by atoms with Crippen molar-refractivity contribution in [3.63, 3.8) is 0 Å². The standard InChI is InChI=1S/C49H97N5O3/c1-5-9-13-17-21-25-29-35-50(34-28-24-20-16-12-8-4)39-40-52(37-31-27-23-19-15-11-7-3)47-49(57)54-43-41-53(42-44-54)48(56)46-51(38-32-33-45-55)36-30-26-22-18-14-10-6-2/h45H,5-44,46-47H2,1-4H3. The molecule has 0 bridgehead atoms. The topological polar surface area (TPSA) is 67.4 Å². The predicted molar refractivity (Wildman–Crippen MR) is 245 cm³/mol. The average Bonchev–Trinajstić information content (AvgIpc) is 3.22. The molecule has 1 aliphatic rings. The van der Waals surface area contributed by atoms with Crippen LogP contribution >= 0.6 is 0 Å². The second kappa shape index (κ2) is 39.9. The molecule has 336 valence electrons. The first kappa shape index (κ1) is 53.5. The summed E-state index contributed by atoms with van der Waals surface area (Å²) in [5.41, 5.74) is 0. The Morgan fingerprint density at radius 2 is 0.632 bits per heavy atom. The van der Waals surface area contributed by atoms with Gasteiger partial charge >= 0.3 is 0 Å². The van der Waals surface area contributed by atoms with E-state index in [1.165, 1.54) is 180 Å². The Balaban J connectivity index is 2.73. The van der Waals surface area contributed by atoms with E-state index < -0.39 is 0 Å². The van der Waals surface area contributed by atoms with Crippen LogP contribution in [0.1, 0.15) is 214 Å². The molecule has 0 aromatic carbocycles. The van der Waals surface area contributed by atoms with Crippen LogP contribution in [0.15, 0.2) is 0 Å². The lowest BCUT2D eigenvalue weighted by Crippen LogP contribution is -2.54. The van der Waals surface area contributed by atoms with Crippen LogP contribution in [0, 0.1) is 0 Å². The Kier molecular flexibility index (Phi) is 37.5. The third kappa shape index (κ3) is 31.1. The number of nitrogens with zero attached hydrogens (tertiary/aromatic N) is 5. The normalized spacial score (nSPS) is 13.5. The van der Waals surface area contributed by atoms with Crippen molar-refractivity contribution in [3.8, 4) is 0 Å². The fourth-order valence-corrected chi connectivity index (χ4v) is 8.34. The molecule has 1 rings (SSSR count). The van der Waals surface area contributed by atoms with Crippen LogP contribution in [-0.4, -0.2) is 128 Å². The van der Waals surface area contributed by atoms with E-state index >= 15 is 0 Å². The minimum absolute atomic E-state index is 0.170. The summed E-state index contributed by atoms with van der Waals surface area (Å²) in [7, 11) is 0. The zero-order valence-corrected chi connectivity index (χ0v) is 38.7. The van der Waals surface area contributed by atoms with Gasteiger partial charge in [-0.3, -0.25) is 19.4 Å². The summed E-state index contributed by atoms with van der Waals surface area (Å²) in [5.74, 6) is 0.400. The summed E-state index contributed by atoms with van der Waals surface area (Å²) in [6.07, 6.45) is 37.6. The summed E-state index contributed by atoms with van der Waals surface area (Å²) < 4.78 is 0. The first-order valence-corrected chi connectivity index (χ1v) is 25.1. The second-order valence-corrected chi connectivity index (χ2v) is 17.6. The highest BCUT2D eigenvalue weighted by Gasteiger charge is 2.26. The lowest BCUT2D eigenvalue weighted by molar-refractivity contribution is -0.140. The minimum atomic E-state index is 0.170. The maximum absolute atomic E-state index is 13.8. The smallest absolute Gasteiger partial charge is 0.236 e. The van der Waals surface area contributed by atoms with E-state index in [9.17, 15) is 14.4 Å². The fourth-order valence-electron chi connectivity index (χ4n) is 8.34. The van der Waals surface area contributed by atoms with Gasteiger partial charge in [0.1, 0.15) is 6.29 Å². The molecule has 1 fully saturated rings. The van der Waals surface area contributed by atoms with E-state index in [2.05, 4.69) is 42.4 Å². The van der Waals surface area contributed by atoms with Crippen molar-refractivity contribution in [2.75, 3.05) is 85.1 Å². The Morgan fingerprint density at radius 3 is 0.965 bits per heavy atom. The van der Waals surface area contributed by atoms with Crippen molar-refractivity contribution in [3.05, 3.63) is 0 Å². The van der Waals surface area contributed by atoms with Gasteiger partial charge in [-0.05, 0) is 64.8 Å². The fraction of sp³-hybridized carbons (Fsp3) is 0.939. The van der Waals surface area contributed by atoms with Crippen LogP contribution in [-0.2, 0) is 14.4 Å². The van der Waals surface area contributed by atoms with Gasteiger partial charge in [-0.15, -0.1) is 0 Å². The van der Waals surface area contributed by atoms with Crippen LogP contribution in [0.4, 0.5) is 0 Å². The minimum Gasteiger partial charge on any atom is -0.338 e. The number of unbranched alkanes of at least 4 members (excludes halogenated alkanes) is 24. The lowest BCUT2D eigenvalue weighted by atomic mass is 10.1. The van der Waals surface area contributed by atoms with Gasteiger partial charge in [-0.1, -0.05) is 175 Å². The molecule has 0 atom stereocenters. The van der Waals surface area contributed by atoms with Gasteiger partial charge in [0.05, 0.1) is 13.1 Å². The first-order valence-electron chi connectivity index (χ1n) is 25.1. The van der Waals surface area contributed by atoms with Gasteiger partial charge < -0.3 is 19.5 Å². The van der Waals surface area contributed by atoms with Crippen molar-refractivity contribution in [2.24, 2.45) is 0 Å². The van der Waals surface area contributed by atoms with Gasteiger partial charge in [0, 0.05) is 45.7 Å². The molecule has 57 heavy (non-hydrogen) atoms. The SMILES string of the molecule is CCCCCCCCCN(CCCCCCCC)CCN(CCCCCCCCC)CC(=O)N1CCN(C(=O)CN(CCCC=O)CCCCCCCCC)CC1. The summed E-state index contributed by atoms with van der Waals surface area (Å²) in [6, 6.07) is 0. The van der Waals surface area contributed by atoms with E-state index in [1.54, 1.807) is 0 Å². The van der Waals surface area contributed by atoms with E-state index in [-0.39, 0.29) is 11.8 Å². The van der Waals surface area contributed by atoms with Crippen LogP contribution in [0.5, 0.6) is 0 Å². The van der Waals surface area contributed by atoms with Crippen LogP contribution in [0.3, 0.4) is 0 Å². The van der Waals surface area contributed by atoms with Gasteiger partial charge in [0.25, 0.3) is 0 Å². The number of piperazine rings is 1. The average molecular weight is 804 g/mol. The Labute approximate surface area is 355 Å². The summed E-state index contributed by atoms with van der Waals surface area (Å²) in [6.45, 7) is 19.6. The molecule has 0 aromatic rings. The van der Waals surface area contributed by atoms with Crippen molar-refractivity contribution in [2.45, 2.75) is 214 Å². The zero-order chi connectivity index (χ0) is 41.4. The number of aldehydes is 1. The molecule has 0 radical (unpaired) electrons. The lowest BCUT2D eigenvalue weighted by Gasteiger charge is -2.37. The van der Waals surface area contributed by atoms with E-state index in [0.29, 0.717) is 45.7 Å². The molecule has 8 heteroatoms. The molecule has 1 saturated heterocycles. The van der Waals surface area contributed by atoms with Crippen molar-refractivity contribution < 1.29 is 14.4 Å². The number of hydrogen-bond acceptors (Lipinski definition) is 6. The van der Waals surface area contributed by atoms with E-state index in [0.717, 1.165) is 51.9 Å². The van der Waals surface area contributed by atoms with Crippen LogP contribution in [0.2, 0.25) is 0 Å². The zero-order valence-electron chi connectivity index (χ0n) is 38.7. The Morgan fingerprint density at radius 1 is 0.368 bits per heavy atom. The molecule has 0 unspecified atom stereocenters. The third-order valence-corrected chi connectivity index (χ3v) is 12.3. The number of rotatable bonds is 42. The van der Waals surface area contributed by atoms with Crippen molar-refractivity contribution in [1.82, 2.24) is 24.5 Å². The third-order valence-electron chi connectivity index (χ3n) is 12.3. The molecule has 0 spiro atoms. The van der Waals surface area contributed by atoms with Gasteiger partial charge in [-0.2, -0.15) is 0 Å². The molecule has 2 amide bonds. The first-order chi connectivity index (χ1) is 28.0. The molecule has 0 N–H and O–H groups in total. The Bertz CT molecular complexity index is 911. The number of amides is 2. The molecule has 0 saturated carbocycles. The highest BCUT2D eigenvalue weighted by atomic mass is 16.2. The molecule has 1 aliphatic heterocycles. The molecular weight excluding hydrogens is 707 g/mol. The van der Waals surface area contributed by atoms with Gasteiger partial charge in [-0.25, -0.2) is 0 Å². The largest absolute Gasteiger partial charge is 0.338 e. The Hall–Kier alpha value is -1.51. The molecule has 1 heterocycles. The molecule has 0 aromatic heterocycles. The maximum Gasteiger partial charge on any atom is 0.236 e. The van der Waals surface area contributed by atoms with E-state index in [4.69, 9.17) is 0 Å². The van der Waals surface area contributed by atoms with Crippen LogP contribution in [0.25, 0.3) is 0 Å². The summed E-state index contributed by atoms with van der Waals surface area (Å²) >= 11 is 0. The highest BCUT2D eigenvalue weighted by Crippen LogP contribution is 2.13. The quantitative estimate of drug-likeness (QED) is 0.0452. The molecule has 8 nitrogen and oxygen atoms in total. The predicted octanol–water partition coefficient (Wildman–Crippen LogP) is 11.2. The number of carbonyl (C=O) groups excluding carboxylic acids is 3. The van der Waals surface area contributed by atoms with Gasteiger partial charge in [0.2, 0.25) is 11.8 Å². The van der Waals surface area contributed by atoms with Crippen molar-refractivity contribution in [1.29, 1.82) is 0 Å². The monoisotopic (exact) mass is 804 g/mol. The number of carbonyl (C=O) groups is 3. The van der Waals surface area contributed by atoms with Crippen LogP contribution < -0.4 is 0 Å². The van der Waals surface area contributed by atoms with E-state index in [1.807, 2.05) is 9.80 Å². The van der Waals surface area contributed by atoms with Gasteiger partial charge in [0.15, 0.2) is 0 Å². The summed E-state index contributed by atoms with van der Waals surface area (Å²) in [5, 5.41) is 0. The summed E-state index contributed by atoms with van der Waals surface area (Å²) in [4.78, 5) is 49.7. The molecular formula is C49H97N5O3. The molecule has 0 aliphatic carbocycles. The highest BCUT2D eigenvalue weighted by molar-refractivity contribution is 5.80.